The summed E-state index contributed by atoms with van der Waals surface area (Å²) in [6.07, 6.45) is 0.966. The first kappa shape index (κ1) is 17.1. The number of carbonyl (C=O) groups excluding carboxylic acids is 2. The first-order valence-corrected chi connectivity index (χ1v) is 7.54. The number of anilines is 1. The van der Waals surface area contributed by atoms with Gasteiger partial charge in [-0.2, -0.15) is 0 Å². The fraction of sp³-hybridized carbons (Fsp3) is 0.667. The normalized spacial score (nSPS) is 16.3. The molecule has 0 atom stereocenters. The van der Waals surface area contributed by atoms with Gasteiger partial charge in [-0.25, -0.2) is 9.59 Å². The molecule has 1 amide bonds. The second-order valence-electron chi connectivity index (χ2n) is 6.54. The second kappa shape index (κ2) is 6.47. The molecule has 0 unspecified atom stereocenters. The molecular weight excluding hydrogens is 302 g/mol. The van der Waals surface area contributed by atoms with Crippen molar-refractivity contribution in [3.05, 3.63) is 11.3 Å². The fourth-order valence-electron chi connectivity index (χ4n) is 2.56. The van der Waals surface area contributed by atoms with E-state index in [1.54, 1.807) is 4.90 Å². The summed E-state index contributed by atoms with van der Waals surface area (Å²) in [5, 5.41) is 3.90. The number of rotatable bonds is 2. The summed E-state index contributed by atoms with van der Waals surface area (Å²) >= 11 is 0. The lowest BCUT2D eigenvalue weighted by Crippen LogP contribution is -2.41. The largest absolute Gasteiger partial charge is 0.465 e. The van der Waals surface area contributed by atoms with Crippen molar-refractivity contribution in [3.8, 4) is 0 Å². The van der Waals surface area contributed by atoms with Crippen molar-refractivity contribution in [3.63, 3.8) is 0 Å². The molecule has 2 rings (SSSR count). The van der Waals surface area contributed by atoms with Crippen molar-refractivity contribution in [1.82, 2.24) is 10.1 Å². The maximum Gasteiger partial charge on any atom is 0.410 e. The van der Waals surface area contributed by atoms with E-state index in [-0.39, 0.29) is 23.5 Å². The quantitative estimate of drug-likeness (QED) is 0.830. The Hall–Kier alpha value is -2.25. The standard InChI is InChI=1S/C15H23N3O5/c1-15(2,3)22-14(20)18-7-5-9(6-8-18)11-10(13(19)21-4)12(16)23-17-11/h9H,5-8,16H2,1-4H3. The summed E-state index contributed by atoms with van der Waals surface area (Å²) in [5.41, 5.74) is 5.82. The van der Waals surface area contributed by atoms with Crippen LogP contribution >= 0.6 is 0 Å². The number of piperidine rings is 1. The van der Waals surface area contributed by atoms with Crippen molar-refractivity contribution >= 4 is 17.9 Å². The minimum atomic E-state index is -0.562. The van der Waals surface area contributed by atoms with Crippen LogP contribution in [0.1, 0.15) is 55.6 Å². The van der Waals surface area contributed by atoms with Crippen LogP contribution in [0, 0.1) is 0 Å². The van der Waals surface area contributed by atoms with Crippen LogP contribution in [-0.4, -0.2) is 47.9 Å². The third kappa shape index (κ3) is 3.94. The molecular formula is C15H23N3O5. The van der Waals surface area contributed by atoms with Gasteiger partial charge in [0.25, 0.3) is 0 Å². The molecule has 0 aromatic carbocycles. The van der Waals surface area contributed by atoms with Crippen LogP contribution in [0.3, 0.4) is 0 Å². The maximum absolute atomic E-state index is 12.1. The van der Waals surface area contributed by atoms with Crippen molar-refractivity contribution in [2.45, 2.75) is 45.1 Å². The van der Waals surface area contributed by atoms with E-state index in [4.69, 9.17) is 19.7 Å². The van der Waals surface area contributed by atoms with Crippen LogP contribution in [0.5, 0.6) is 0 Å². The van der Waals surface area contributed by atoms with Gasteiger partial charge < -0.3 is 24.6 Å². The Morgan fingerprint density at radius 3 is 2.43 bits per heavy atom. The molecule has 0 aliphatic carbocycles. The molecule has 8 nitrogen and oxygen atoms in total. The average Bonchev–Trinajstić information content (AvgIpc) is 2.86. The van der Waals surface area contributed by atoms with E-state index in [9.17, 15) is 9.59 Å². The Labute approximate surface area is 134 Å². The lowest BCUT2D eigenvalue weighted by atomic mass is 9.91. The van der Waals surface area contributed by atoms with Crippen LogP contribution in [0.15, 0.2) is 4.52 Å². The number of likely N-dealkylation sites (tertiary alicyclic amines) is 1. The predicted octanol–water partition coefficient (Wildman–Crippen LogP) is 2.16. The van der Waals surface area contributed by atoms with E-state index in [0.29, 0.717) is 31.6 Å². The highest BCUT2D eigenvalue weighted by atomic mass is 16.6. The summed E-state index contributed by atoms with van der Waals surface area (Å²) in [4.78, 5) is 25.5. The first-order chi connectivity index (χ1) is 10.7. The Morgan fingerprint density at radius 2 is 1.91 bits per heavy atom. The van der Waals surface area contributed by atoms with Crippen molar-refractivity contribution in [1.29, 1.82) is 0 Å². The monoisotopic (exact) mass is 325 g/mol. The molecule has 0 bridgehead atoms. The van der Waals surface area contributed by atoms with Crippen molar-refractivity contribution in [2.75, 3.05) is 25.9 Å². The Bertz CT molecular complexity index is 582. The number of carbonyl (C=O) groups is 2. The zero-order valence-corrected chi connectivity index (χ0v) is 13.9. The van der Waals surface area contributed by atoms with Gasteiger partial charge in [-0.15, -0.1) is 0 Å². The van der Waals surface area contributed by atoms with Crippen molar-refractivity contribution in [2.24, 2.45) is 0 Å². The van der Waals surface area contributed by atoms with E-state index in [2.05, 4.69) is 5.16 Å². The molecule has 1 aliphatic rings. The van der Waals surface area contributed by atoms with Crippen LogP contribution in [0.2, 0.25) is 0 Å². The molecule has 0 spiro atoms. The van der Waals surface area contributed by atoms with Gasteiger partial charge in [0, 0.05) is 19.0 Å². The Kier molecular flexibility index (Phi) is 4.82. The van der Waals surface area contributed by atoms with Crippen LogP contribution in [0.4, 0.5) is 10.7 Å². The number of hydrogen-bond donors (Lipinski definition) is 1. The molecule has 128 valence electrons. The van der Waals surface area contributed by atoms with Gasteiger partial charge in [-0.3, -0.25) is 0 Å². The highest BCUT2D eigenvalue weighted by Gasteiger charge is 2.33. The molecule has 0 saturated carbocycles. The van der Waals surface area contributed by atoms with E-state index >= 15 is 0 Å². The summed E-state index contributed by atoms with van der Waals surface area (Å²) in [7, 11) is 1.28. The molecule has 1 saturated heterocycles. The molecule has 1 aliphatic heterocycles. The number of aromatic nitrogens is 1. The number of nitrogens with zero attached hydrogens (tertiary/aromatic N) is 2. The highest BCUT2D eigenvalue weighted by molar-refractivity contribution is 5.95. The third-order valence-corrected chi connectivity index (χ3v) is 3.67. The van der Waals surface area contributed by atoms with Gasteiger partial charge in [0.1, 0.15) is 16.9 Å². The summed E-state index contributed by atoms with van der Waals surface area (Å²) in [6.45, 7) is 6.54. The number of ether oxygens (including phenoxy) is 2. The minimum absolute atomic E-state index is 0.0103. The van der Waals surface area contributed by atoms with Gasteiger partial charge in [-0.05, 0) is 33.6 Å². The van der Waals surface area contributed by atoms with Crippen LogP contribution in [0.25, 0.3) is 0 Å². The number of methoxy groups -OCH3 is 1. The second-order valence-corrected chi connectivity index (χ2v) is 6.54. The fourth-order valence-corrected chi connectivity index (χ4v) is 2.56. The molecule has 1 aromatic rings. The highest BCUT2D eigenvalue weighted by Crippen LogP contribution is 2.32. The number of amides is 1. The van der Waals surface area contributed by atoms with E-state index in [1.807, 2.05) is 20.8 Å². The number of esters is 1. The first-order valence-electron chi connectivity index (χ1n) is 7.54. The lowest BCUT2D eigenvalue weighted by Gasteiger charge is -2.32. The van der Waals surface area contributed by atoms with Gasteiger partial charge in [0.05, 0.1) is 7.11 Å². The van der Waals surface area contributed by atoms with E-state index in [0.717, 1.165) is 0 Å². The number of hydrogen-bond acceptors (Lipinski definition) is 7. The minimum Gasteiger partial charge on any atom is -0.465 e. The molecule has 1 aromatic heterocycles. The van der Waals surface area contributed by atoms with Gasteiger partial charge in [0.15, 0.2) is 0 Å². The zero-order valence-electron chi connectivity index (χ0n) is 13.9. The molecule has 2 N–H and O–H groups in total. The average molecular weight is 325 g/mol. The van der Waals surface area contributed by atoms with Gasteiger partial charge in [0.2, 0.25) is 5.88 Å². The van der Waals surface area contributed by atoms with Gasteiger partial charge >= 0.3 is 12.1 Å². The van der Waals surface area contributed by atoms with Crippen LogP contribution < -0.4 is 5.73 Å². The number of nitrogen functional groups attached to an aromatic ring is 1. The molecule has 0 radical (unpaired) electrons. The lowest BCUT2D eigenvalue weighted by molar-refractivity contribution is 0.0202. The summed E-state index contributed by atoms with van der Waals surface area (Å²) in [5.74, 6) is -0.612. The van der Waals surface area contributed by atoms with Crippen LogP contribution in [-0.2, 0) is 9.47 Å². The number of nitrogens with two attached hydrogens (primary N) is 1. The maximum atomic E-state index is 12.1. The smallest absolute Gasteiger partial charge is 0.410 e. The van der Waals surface area contributed by atoms with E-state index in [1.165, 1.54) is 7.11 Å². The summed E-state index contributed by atoms with van der Waals surface area (Å²) in [6, 6.07) is 0. The van der Waals surface area contributed by atoms with E-state index < -0.39 is 11.6 Å². The Balaban J connectivity index is 2.03. The Morgan fingerprint density at radius 1 is 1.30 bits per heavy atom. The third-order valence-electron chi connectivity index (χ3n) is 3.67. The van der Waals surface area contributed by atoms with Gasteiger partial charge in [-0.1, -0.05) is 5.16 Å². The predicted molar refractivity (Wildman–Crippen MR) is 82.0 cm³/mol. The SMILES string of the molecule is COC(=O)c1c(C2CCN(C(=O)OC(C)(C)C)CC2)noc1N. The zero-order chi connectivity index (χ0) is 17.2. The molecule has 8 heteroatoms. The molecule has 2 heterocycles. The molecule has 1 fully saturated rings. The van der Waals surface area contributed by atoms with Crippen molar-refractivity contribution < 1.29 is 23.6 Å². The summed E-state index contributed by atoms with van der Waals surface area (Å²) < 4.78 is 15.0. The molecule has 23 heavy (non-hydrogen) atoms. The topological polar surface area (TPSA) is 108 Å².